The quantitative estimate of drug-likeness (QED) is 0.397. The molecule has 0 saturated heterocycles. The molecule has 3 aromatic rings. The Bertz CT molecular complexity index is 1300. The zero-order chi connectivity index (χ0) is 22.5. The fraction of sp³-hybridized carbons (Fsp3) is 0.160. The van der Waals surface area contributed by atoms with Crippen LogP contribution in [0.25, 0.3) is 22.4 Å². The Hall–Kier alpha value is -3.61. The molecule has 1 aliphatic heterocycles. The predicted molar refractivity (Wildman–Crippen MR) is 112 cm³/mol. The topological polar surface area (TPSA) is 38.3 Å². The van der Waals surface area contributed by atoms with Crippen LogP contribution < -0.4 is 5.32 Å². The molecule has 0 amide bonds. The summed E-state index contributed by atoms with van der Waals surface area (Å²) in [4.78, 5) is 13.2. The lowest BCUT2D eigenvalue weighted by molar-refractivity contribution is -0.137. The summed E-state index contributed by atoms with van der Waals surface area (Å²) in [6.07, 6.45) is -1.50. The van der Waals surface area contributed by atoms with Gasteiger partial charge in [0.05, 0.1) is 11.1 Å². The SMILES string of the molecule is O=C1C(=Cc2c(F)ccc3ccccc23)OC(NC2CC2)=C1c1cccc(C(F)(F)F)c1. The molecule has 0 bridgehead atoms. The summed E-state index contributed by atoms with van der Waals surface area (Å²) in [6.45, 7) is 0. The maximum atomic E-state index is 14.7. The smallest absolute Gasteiger partial charge is 0.416 e. The van der Waals surface area contributed by atoms with E-state index in [0.717, 1.165) is 30.4 Å². The van der Waals surface area contributed by atoms with E-state index in [4.69, 9.17) is 4.74 Å². The number of nitrogens with one attached hydrogen (secondary N) is 1. The number of halogens is 4. The molecule has 0 unspecified atom stereocenters. The van der Waals surface area contributed by atoms with Crippen LogP contribution in [-0.4, -0.2) is 11.8 Å². The van der Waals surface area contributed by atoms with Crippen LogP contribution in [0.4, 0.5) is 17.6 Å². The highest BCUT2D eigenvalue weighted by Crippen LogP contribution is 2.38. The molecule has 1 fully saturated rings. The van der Waals surface area contributed by atoms with Gasteiger partial charge in [-0.1, -0.05) is 42.5 Å². The van der Waals surface area contributed by atoms with Gasteiger partial charge in [0, 0.05) is 11.6 Å². The second kappa shape index (κ2) is 7.51. The summed E-state index contributed by atoms with van der Waals surface area (Å²) in [5.74, 6) is -1.17. The Morgan fingerprint density at radius 2 is 1.78 bits per heavy atom. The maximum absolute atomic E-state index is 14.7. The molecule has 7 heteroatoms. The molecule has 5 rings (SSSR count). The molecule has 0 atom stereocenters. The van der Waals surface area contributed by atoms with Gasteiger partial charge in [0.15, 0.2) is 5.76 Å². The molecular weight excluding hydrogens is 422 g/mol. The normalized spacial score (nSPS) is 17.9. The summed E-state index contributed by atoms with van der Waals surface area (Å²) in [5.41, 5.74) is -0.578. The third-order valence-corrected chi connectivity index (χ3v) is 5.47. The summed E-state index contributed by atoms with van der Waals surface area (Å²) in [5, 5.41) is 4.46. The number of carbonyl (C=O) groups excluding carboxylic acids is 1. The van der Waals surface area contributed by atoms with E-state index in [1.807, 2.05) is 12.1 Å². The van der Waals surface area contributed by atoms with E-state index in [2.05, 4.69) is 5.32 Å². The number of allylic oxidation sites excluding steroid dienone is 1. The number of fused-ring (bicyclic) bond motifs is 1. The lowest BCUT2D eigenvalue weighted by Crippen LogP contribution is -2.16. The van der Waals surface area contributed by atoms with Gasteiger partial charge in [0.25, 0.3) is 0 Å². The number of Topliss-reactive ketones (excluding diaryl/α,β-unsaturated/α-hetero) is 1. The molecule has 162 valence electrons. The number of ketones is 1. The van der Waals surface area contributed by atoms with E-state index in [0.29, 0.717) is 5.39 Å². The minimum atomic E-state index is -4.55. The van der Waals surface area contributed by atoms with Gasteiger partial charge in [0.2, 0.25) is 11.7 Å². The molecule has 1 aliphatic carbocycles. The minimum Gasteiger partial charge on any atom is -0.436 e. The van der Waals surface area contributed by atoms with Crippen molar-refractivity contribution in [2.24, 2.45) is 0 Å². The van der Waals surface area contributed by atoms with E-state index in [9.17, 15) is 22.4 Å². The number of hydrogen-bond donors (Lipinski definition) is 1. The lowest BCUT2D eigenvalue weighted by Gasteiger charge is -2.10. The van der Waals surface area contributed by atoms with Gasteiger partial charge in [0.1, 0.15) is 5.82 Å². The van der Waals surface area contributed by atoms with Crippen LogP contribution >= 0.6 is 0 Å². The van der Waals surface area contributed by atoms with E-state index in [-0.39, 0.29) is 34.4 Å². The van der Waals surface area contributed by atoms with Gasteiger partial charge >= 0.3 is 6.18 Å². The van der Waals surface area contributed by atoms with Crippen molar-refractivity contribution in [3.8, 4) is 0 Å². The van der Waals surface area contributed by atoms with E-state index < -0.39 is 23.3 Å². The average Bonchev–Trinajstić information content (AvgIpc) is 3.53. The van der Waals surface area contributed by atoms with E-state index >= 15 is 0 Å². The number of carbonyl (C=O) groups is 1. The molecule has 3 aromatic carbocycles. The van der Waals surface area contributed by atoms with Crippen molar-refractivity contribution >= 4 is 28.2 Å². The summed E-state index contributed by atoms with van der Waals surface area (Å²) in [6, 6.07) is 14.7. The Morgan fingerprint density at radius 3 is 2.53 bits per heavy atom. The van der Waals surface area contributed by atoms with Crippen molar-refractivity contribution < 1.29 is 27.1 Å². The first kappa shape index (κ1) is 20.3. The molecule has 0 radical (unpaired) electrons. The lowest BCUT2D eigenvalue weighted by atomic mass is 9.98. The van der Waals surface area contributed by atoms with Gasteiger partial charge in [-0.2, -0.15) is 13.2 Å². The highest BCUT2D eigenvalue weighted by Gasteiger charge is 2.37. The molecule has 0 aromatic heterocycles. The maximum Gasteiger partial charge on any atom is 0.416 e. The standard InChI is InChI=1S/C25H17F4NO2/c26-20-11-8-14-4-1-2-7-18(14)19(20)13-21-23(31)22(24(32-21)30-17-9-10-17)15-5-3-6-16(12-15)25(27,28)29/h1-8,11-13,17,30H,9-10H2. The Morgan fingerprint density at radius 1 is 1.00 bits per heavy atom. The Labute approximate surface area is 181 Å². The molecule has 2 aliphatic rings. The summed E-state index contributed by atoms with van der Waals surface area (Å²) in [7, 11) is 0. The zero-order valence-electron chi connectivity index (χ0n) is 16.7. The highest BCUT2D eigenvalue weighted by molar-refractivity contribution is 6.31. The van der Waals surface area contributed by atoms with Crippen molar-refractivity contribution in [1.82, 2.24) is 5.32 Å². The van der Waals surface area contributed by atoms with Gasteiger partial charge in [-0.3, -0.25) is 4.79 Å². The molecule has 3 nitrogen and oxygen atoms in total. The first-order valence-corrected chi connectivity index (χ1v) is 10.1. The molecule has 0 spiro atoms. The highest BCUT2D eigenvalue weighted by atomic mass is 19.4. The number of alkyl halides is 3. The largest absolute Gasteiger partial charge is 0.436 e. The van der Waals surface area contributed by atoms with Gasteiger partial charge in [-0.15, -0.1) is 0 Å². The Kier molecular flexibility index (Phi) is 4.77. The third kappa shape index (κ3) is 3.75. The van der Waals surface area contributed by atoms with E-state index in [1.54, 1.807) is 18.2 Å². The second-order valence-corrected chi connectivity index (χ2v) is 7.82. The second-order valence-electron chi connectivity index (χ2n) is 7.82. The van der Waals surface area contributed by atoms with Crippen LogP contribution in [0.2, 0.25) is 0 Å². The van der Waals surface area contributed by atoms with Crippen molar-refractivity contribution in [3.05, 3.63) is 94.8 Å². The zero-order valence-corrected chi connectivity index (χ0v) is 16.7. The number of hydrogen-bond acceptors (Lipinski definition) is 3. The van der Waals surface area contributed by atoms with Crippen LogP contribution in [0.15, 0.2) is 72.3 Å². The van der Waals surface area contributed by atoms with Crippen molar-refractivity contribution in [3.63, 3.8) is 0 Å². The third-order valence-electron chi connectivity index (χ3n) is 5.47. The van der Waals surface area contributed by atoms with Crippen molar-refractivity contribution in [2.45, 2.75) is 25.1 Å². The van der Waals surface area contributed by atoms with Crippen molar-refractivity contribution in [2.75, 3.05) is 0 Å². The predicted octanol–water partition coefficient (Wildman–Crippen LogP) is 6.06. The fourth-order valence-electron chi connectivity index (χ4n) is 3.70. The molecule has 1 N–H and O–H groups in total. The van der Waals surface area contributed by atoms with Gasteiger partial charge < -0.3 is 10.1 Å². The number of benzene rings is 3. The first-order valence-electron chi connectivity index (χ1n) is 10.1. The van der Waals surface area contributed by atoms with Crippen LogP contribution in [0.3, 0.4) is 0 Å². The molecular formula is C25H17F4NO2. The molecule has 1 saturated carbocycles. The van der Waals surface area contributed by atoms with E-state index in [1.165, 1.54) is 24.3 Å². The number of ether oxygens (including phenoxy) is 1. The fourth-order valence-corrected chi connectivity index (χ4v) is 3.70. The summed E-state index contributed by atoms with van der Waals surface area (Å²) >= 11 is 0. The van der Waals surface area contributed by atoms with Gasteiger partial charge in [-0.25, -0.2) is 4.39 Å². The van der Waals surface area contributed by atoms with Gasteiger partial charge in [-0.05, 0) is 53.5 Å². The van der Waals surface area contributed by atoms with Crippen LogP contribution in [0.1, 0.15) is 29.5 Å². The van der Waals surface area contributed by atoms with Crippen LogP contribution in [0, 0.1) is 5.82 Å². The Balaban J connectivity index is 1.60. The van der Waals surface area contributed by atoms with Crippen LogP contribution in [-0.2, 0) is 15.7 Å². The first-order chi connectivity index (χ1) is 15.3. The summed E-state index contributed by atoms with van der Waals surface area (Å²) < 4.78 is 60.1. The van der Waals surface area contributed by atoms with Crippen molar-refractivity contribution in [1.29, 1.82) is 0 Å². The monoisotopic (exact) mass is 439 g/mol. The van der Waals surface area contributed by atoms with Crippen LogP contribution in [0.5, 0.6) is 0 Å². The average molecular weight is 439 g/mol. The minimum absolute atomic E-state index is 0.00916. The molecule has 1 heterocycles. The number of rotatable bonds is 4. The molecule has 32 heavy (non-hydrogen) atoms.